The van der Waals surface area contributed by atoms with Crippen molar-refractivity contribution in [1.82, 2.24) is 9.62 Å². The minimum Gasteiger partial charge on any atom is -0.480 e. The molecular formula is C16H18N2O6S2. The van der Waals surface area contributed by atoms with E-state index in [0.29, 0.717) is 24.3 Å². The van der Waals surface area contributed by atoms with Crippen molar-refractivity contribution in [2.24, 2.45) is 0 Å². The lowest BCUT2D eigenvalue weighted by Crippen LogP contribution is -2.56. The zero-order chi connectivity index (χ0) is 19.1. The number of hydrogen-bond acceptors (Lipinski definition) is 6. The molecule has 0 spiro atoms. The number of nitrogens with one attached hydrogen (secondary N) is 1. The lowest BCUT2D eigenvalue weighted by atomic mass is 9.91. The van der Waals surface area contributed by atoms with Gasteiger partial charge in [-0.05, 0) is 49.5 Å². The second-order valence-electron chi connectivity index (χ2n) is 6.14. The summed E-state index contributed by atoms with van der Waals surface area (Å²) in [7, 11) is -3.98. The van der Waals surface area contributed by atoms with Crippen molar-refractivity contribution in [3.63, 3.8) is 0 Å². The van der Waals surface area contributed by atoms with Crippen LogP contribution in [-0.2, 0) is 14.8 Å². The molecule has 0 bridgehead atoms. The van der Waals surface area contributed by atoms with Crippen LogP contribution in [0.4, 0.5) is 0 Å². The summed E-state index contributed by atoms with van der Waals surface area (Å²) in [5, 5.41) is 12.1. The van der Waals surface area contributed by atoms with Crippen molar-refractivity contribution >= 4 is 39.6 Å². The van der Waals surface area contributed by atoms with E-state index in [-0.39, 0.29) is 22.6 Å². The van der Waals surface area contributed by atoms with Crippen LogP contribution in [0.1, 0.15) is 40.5 Å². The maximum absolute atomic E-state index is 12.6. The van der Waals surface area contributed by atoms with Crippen LogP contribution in [0, 0.1) is 0 Å². The van der Waals surface area contributed by atoms with E-state index in [0.717, 1.165) is 10.4 Å². The fraction of sp³-hybridized carbons (Fsp3) is 0.438. The van der Waals surface area contributed by atoms with Gasteiger partial charge in [-0.1, -0.05) is 0 Å². The van der Waals surface area contributed by atoms with Crippen LogP contribution in [0.2, 0.25) is 0 Å². The Morgan fingerprint density at radius 1 is 1.31 bits per heavy atom. The van der Waals surface area contributed by atoms with Crippen LogP contribution in [-0.4, -0.2) is 59.2 Å². The smallest absolute Gasteiger partial charge is 0.329 e. The number of rotatable bonds is 4. The van der Waals surface area contributed by atoms with Crippen LogP contribution in [0.15, 0.2) is 23.1 Å². The van der Waals surface area contributed by atoms with Gasteiger partial charge in [-0.25, -0.2) is 17.5 Å². The molecule has 0 radical (unpaired) electrons. The fourth-order valence-corrected chi connectivity index (χ4v) is 5.92. The molecule has 10 heteroatoms. The minimum atomic E-state index is -3.98. The molecule has 3 rings (SSSR count). The Kier molecular flexibility index (Phi) is 4.74. The molecule has 2 heterocycles. The zero-order valence-electron chi connectivity index (χ0n) is 14.0. The van der Waals surface area contributed by atoms with E-state index in [1.54, 1.807) is 18.7 Å². The summed E-state index contributed by atoms with van der Waals surface area (Å²) in [5.41, 5.74) is -1.33. The standard InChI is InChI=1S/C16H18N2O6S2/c1-2-18-14(20)11-4-3-10(9-12(11)26(18,23)24)13(19)17-16(15(21)22)5-7-25-8-6-16/h3-4,9H,2,5-8H2,1H3,(H,17,19)(H,21,22). The highest BCUT2D eigenvalue weighted by Gasteiger charge is 2.43. The zero-order valence-corrected chi connectivity index (χ0v) is 15.7. The number of carbonyl (C=O) groups excluding carboxylic acids is 2. The Labute approximate surface area is 155 Å². The van der Waals surface area contributed by atoms with Gasteiger partial charge in [-0.15, -0.1) is 0 Å². The Morgan fingerprint density at radius 2 is 1.96 bits per heavy atom. The van der Waals surface area contributed by atoms with Gasteiger partial charge in [0.1, 0.15) is 10.4 Å². The Balaban J connectivity index is 1.93. The van der Waals surface area contributed by atoms with E-state index in [4.69, 9.17) is 0 Å². The van der Waals surface area contributed by atoms with E-state index in [9.17, 15) is 27.9 Å². The fourth-order valence-electron chi connectivity index (χ4n) is 3.13. The van der Waals surface area contributed by atoms with Gasteiger partial charge in [-0.3, -0.25) is 9.59 Å². The summed E-state index contributed by atoms with van der Waals surface area (Å²) < 4.78 is 25.6. The highest BCUT2D eigenvalue weighted by Crippen LogP contribution is 2.32. The summed E-state index contributed by atoms with van der Waals surface area (Å²) in [6.07, 6.45) is 0.591. The molecule has 140 valence electrons. The Morgan fingerprint density at radius 3 is 2.54 bits per heavy atom. The quantitative estimate of drug-likeness (QED) is 0.774. The van der Waals surface area contributed by atoms with E-state index < -0.39 is 33.3 Å². The highest BCUT2D eigenvalue weighted by molar-refractivity contribution is 7.99. The number of sulfonamides is 1. The second-order valence-corrected chi connectivity index (χ2v) is 9.20. The first kappa shape index (κ1) is 18.7. The topological polar surface area (TPSA) is 121 Å². The molecule has 2 amide bonds. The van der Waals surface area contributed by atoms with Gasteiger partial charge >= 0.3 is 5.97 Å². The Bertz CT molecular complexity index is 890. The van der Waals surface area contributed by atoms with Gasteiger partial charge < -0.3 is 10.4 Å². The molecule has 1 aromatic rings. The Hall–Kier alpha value is -2.07. The minimum absolute atomic E-state index is 0.00281. The summed E-state index contributed by atoms with van der Waals surface area (Å²) in [6.45, 7) is 1.55. The van der Waals surface area contributed by atoms with Crippen molar-refractivity contribution in [3.05, 3.63) is 29.3 Å². The van der Waals surface area contributed by atoms with Gasteiger partial charge in [0.2, 0.25) is 0 Å². The molecule has 2 N–H and O–H groups in total. The number of hydrogen-bond donors (Lipinski definition) is 2. The number of carboxylic acid groups (broad SMARTS) is 1. The van der Waals surface area contributed by atoms with Crippen molar-refractivity contribution in [1.29, 1.82) is 0 Å². The number of fused-ring (bicyclic) bond motifs is 1. The lowest BCUT2D eigenvalue weighted by molar-refractivity contribution is -0.144. The van der Waals surface area contributed by atoms with Gasteiger partial charge in [0.05, 0.1) is 5.56 Å². The number of carbonyl (C=O) groups is 3. The third-order valence-corrected chi connectivity index (χ3v) is 7.55. The number of carboxylic acids is 1. The molecular weight excluding hydrogens is 380 g/mol. The predicted molar refractivity (Wildman–Crippen MR) is 94.7 cm³/mol. The SMILES string of the molecule is CCN1C(=O)c2ccc(C(=O)NC3(C(=O)O)CCSCC3)cc2S1(=O)=O. The van der Waals surface area contributed by atoms with E-state index in [2.05, 4.69) is 5.32 Å². The van der Waals surface area contributed by atoms with Crippen LogP contribution < -0.4 is 5.32 Å². The number of amides is 2. The van der Waals surface area contributed by atoms with Crippen molar-refractivity contribution in [3.8, 4) is 0 Å². The number of thioether (sulfide) groups is 1. The summed E-state index contributed by atoms with van der Waals surface area (Å²) in [5.74, 6) is -1.16. The summed E-state index contributed by atoms with van der Waals surface area (Å²) in [6, 6.07) is 3.78. The third-order valence-electron chi connectivity index (χ3n) is 4.66. The molecule has 0 atom stereocenters. The molecule has 2 aliphatic rings. The number of benzene rings is 1. The molecule has 1 saturated heterocycles. The van der Waals surface area contributed by atoms with E-state index in [1.165, 1.54) is 12.1 Å². The molecule has 1 aromatic carbocycles. The maximum atomic E-state index is 12.6. The average Bonchev–Trinajstić information content (AvgIpc) is 2.81. The molecule has 0 aliphatic carbocycles. The molecule has 0 aromatic heterocycles. The molecule has 0 saturated carbocycles. The normalized spacial score (nSPS) is 20.5. The number of nitrogens with zero attached hydrogens (tertiary/aromatic N) is 1. The first-order valence-electron chi connectivity index (χ1n) is 8.08. The van der Waals surface area contributed by atoms with Crippen molar-refractivity contribution in [2.45, 2.75) is 30.2 Å². The van der Waals surface area contributed by atoms with Gasteiger partial charge in [0, 0.05) is 12.1 Å². The molecule has 0 unspecified atom stereocenters. The first-order valence-corrected chi connectivity index (χ1v) is 10.7. The van der Waals surface area contributed by atoms with Crippen molar-refractivity contribution < 1.29 is 27.9 Å². The highest BCUT2D eigenvalue weighted by atomic mass is 32.2. The lowest BCUT2D eigenvalue weighted by Gasteiger charge is -2.33. The average molecular weight is 398 g/mol. The summed E-state index contributed by atoms with van der Waals surface area (Å²) >= 11 is 1.62. The van der Waals surface area contributed by atoms with Crippen LogP contribution >= 0.6 is 11.8 Å². The summed E-state index contributed by atoms with van der Waals surface area (Å²) in [4.78, 5) is 36.2. The molecule has 26 heavy (non-hydrogen) atoms. The van der Waals surface area contributed by atoms with Crippen LogP contribution in [0.3, 0.4) is 0 Å². The molecule has 8 nitrogen and oxygen atoms in total. The van der Waals surface area contributed by atoms with Crippen LogP contribution in [0.5, 0.6) is 0 Å². The third kappa shape index (κ3) is 2.86. The van der Waals surface area contributed by atoms with Gasteiger partial charge in [0.25, 0.3) is 21.8 Å². The van der Waals surface area contributed by atoms with E-state index in [1.807, 2.05) is 0 Å². The first-order chi connectivity index (χ1) is 12.2. The monoisotopic (exact) mass is 398 g/mol. The molecule has 1 fully saturated rings. The maximum Gasteiger partial charge on any atom is 0.329 e. The van der Waals surface area contributed by atoms with Crippen molar-refractivity contribution in [2.75, 3.05) is 18.1 Å². The van der Waals surface area contributed by atoms with E-state index >= 15 is 0 Å². The largest absolute Gasteiger partial charge is 0.480 e. The number of aliphatic carboxylic acids is 1. The van der Waals surface area contributed by atoms with Gasteiger partial charge in [-0.2, -0.15) is 11.8 Å². The van der Waals surface area contributed by atoms with Gasteiger partial charge in [0.15, 0.2) is 0 Å². The second kappa shape index (κ2) is 6.58. The predicted octanol–water partition coefficient (Wildman–Crippen LogP) is 0.931. The molecule has 2 aliphatic heterocycles. The van der Waals surface area contributed by atoms with Crippen LogP contribution in [0.25, 0.3) is 0 Å².